The summed E-state index contributed by atoms with van der Waals surface area (Å²) in [6.07, 6.45) is 1.47. The number of anilines is 1. The molecule has 0 aliphatic carbocycles. The summed E-state index contributed by atoms with van der Waals surface area (Å²) >= 11 is 3.57. The SMILES string of the molecule is C[C@H](Sc1nnc(CNc2ccc(I)cc2)n1-c1ccccc1)C(=O)N/N=C/c1c(O)ccc2ccccc12. The summed E-state index contributed by atoms with van der Waals surface area (Å²) in [5.74, 6) is 0.521. The lowest BCUT2D eigenvalue weighted by Crippen LogP contribution is -2.27. The summed E-state index contributed by atoms with van der Waals surface area (Å²) in [7, 11) is 0. The van der Waals surface area contributed by atoms with E-state index in [9.17, 15) is 9.90 Å². The van der Waals surface area contributed by atoms with Gasteiger partial charge in [0, 0.05) is 20.5 Å². The molecule has 0 bridgehead atoms. The van der Waals surface area contributed by atoms with Crippen LogP contribution in [0.5, 0.6) is 5.75 Å². The zero-order valence-corrected chi connectivity index (χ0v) is 23.9. The number of thioether (sulfide) groups is 1. The third-order valence-electron chi connectivity index (χ3n) is 5.98. The van der Waals surface area contributed by atoms with Gasteiger partial charge in [0.25, 0.3) is 5.91 Å². The smallest absolute Gasteiger partial charge is 0.253 e. The highest BCUT2D eigenvalue weighted by Crippen LogP contribution is 2.27. The van der Waals surface area contributed by atoms with E-state index in [1.807, 2.05) is 89.5 Å². The van der Waals surface area contributed by atoms with Gasteiger partial charge in [-0.3, -0.25) is 9.36 Å². The van der Waals surface area contributed by atoms with Crippen LogP contribution < -0.4 is 10.7 Å². The lowest BCUT2D eigenvalue weighted by atomic mass is 10.0. The maximum absolute atomic E-state index is 12.9. The van der Waals surface area contributed by atoms with Crippen molar-refractivity contribution in [2.24, 2.45) is 5.10 Å². The molecule has 5 rings (SSSR count). The third-order valence-corrected chi connectivity index (χ3v) is 7.74. The molecule has 5 aromatic rings. The van der Waals surface area contributed by atoms with Gasteiger partial charge in [-0.15, -0.1) is 10.2 Å². The van der Waals surface area contributed by atoms with Crippen molar-refractivity contribution in [1.29, 1.82) is 0 Å². The zero-order chi connectivity index (χ0) is 27.2. The lowest BCUT2D eigenvalue weighted by Gasteiger charge is -2.13. The Hall–Kier alpha value is -3.90. The Labute approximate surface area is 243 Å². The van der Waals surface area contributed by atoms with Gasteiger partial charge in [0.1, 0.15) is 5.75 Å². The fourth-order valence-corrected chi connectivity index (χ4v) is 5.20. The van der Waals surface area contributed by atoms with E-state index in [0.717, 1.165) is 31.5 Å². The Kier molecular flexibility index (Phi) is 8.42. The van der Waals surface area contributed by atoms with Gasteiger partial charge in [-0.1, -0.05) is 60.3 Å². The van der Waals surface area contributed by atoms with Crippen molar-refractivity contribution in [3.63, 3.8) is 0 Å². The molecular formula is C29H25IN6O2S. The van der Waals surface area contributed by atoms with Crippen molar-refractivity contribution < 1.29 is 9.90 Å². The average molecular weight is 649 g/mol. The molecule has 0 fully saturated rings. The summed E-state index contributed by atoms with van der Waals surface area (Å²) in [5.41, 5.74) is 5.02. The number of phenols is 1. The number of carbonyl (C=O) groups excluding carboxylic acids is 1. The minimum absolute atomic E-state index is 0.0939. The number of hydrazone groups is 1. The Morgan fingerprint density at radius 3 is 2.56 bits per heavy atom. The van der Waals surface area contributed by atoms with Crippen LogP contribution in [-0.2, 0) is 11.3 Å². The van der Waals surface area contributed by atoms with Gasteiger partial charge in [-0.25, -0.2) is 5.43 Å². The van der Waals surface area contributed by atoms with E-state index in [-0.39, 0.29) is 11.7 Å². The first-order chi connectivity index (χ1) is 19.0. The number of benzene rings is 4. The van der Waals surface area contributed by atoms with Crippen molar-refractivity contribution in [3.8, 4) is 11.4 Å². The monoisotopic (exact) mass is 648 g/mol. The molecule has 0 radical (unpaired) electrons. The molecule has 0 aliphatic heterocycles. The van der Waals surface area contributed by atoms with Gasteiger partial charge < -0.3 is 10.4 Å². The minimum atomic E-state index is -0.507. The van der Waals surface area contributed by atoms with Crippen LogP contribution in [0.1, 0.15) is 18.3 Å². The molecule has 196 valence electrons. The molecule has 8 nitrogen and oxygen atoms in total. The molecule has 4 aromatic carbocycles. The second kappa shape index (κ2) is 12.3. The molecule has 0 spiro atoms. The molecule has 1 aromatic heterocycles. The molecular weight excluding hydrogens is 623 g/mol. The highest BCUT2D eigenvalue weighted by atomic mass is 127. The van der Waals surface area contributed by atoms with E-state index in [1.165, 1.54) is 18.0 Å². The van der Waals surface area contributed by atoms with Crippen LogP contribution in [0.3, 0.4) is 0 Å². The number of carbonyl (C=O) groups is 1. The van der Waals surface area contributed by atoms with Gasteiger partial charge in [-0.05, 0) is 82.8 Å². The number of fused-ring (bicyclic) bond motifs is 1. The first kappa shape index (κ1) is 26.7. The van der Waals surface area contributed by atoms with Gasteiger partial charge in [0.2, 0.25) is 0 Å². The van der Waals surface area contributed by atoms with Gasteiger partial charge in [-0.2, -0.15) is 5.10 Å². The predicted molar refractivity (Wildman–Crippen MR) is 165 cm³/mol. The molecule has 0 unspecified atom stereocenters. The molecule has 0 aliphatic rings. The fourth-order valence-electron chi connectivity index (χ4n) is 3.96. The number of nitrogens with zero attached hydrogens (tertiary/aromatic N) is 4. The van der Waals surface area contributed by atoms with Crippen LogP contribution in [-0.4, -0.2) is 37.2 Å². The summed E-state index contributed by atoms with van der Waals surface area (Å²) in [6, 6.07) is 29.1. The van der Waals surface area contributed by atoms with Crippen LogP contribution in [0.4, 0.5) is 5.69 Å². The van der Waals surface area contributed by atoms with Crippen molar-refractivity contribution in [2.75, 3.05) is 5.32 Å². The maximum atomic E-state index is 12.9. The molecule has 0 saturated heterocycles. The van der Waals surface area contributed by atoms with E-state index in [0.29, 0.717) is 17.3 Å². The maximum Gasteiger partial charge on any atom is 0.253 e. The average Bonchev–Trinajstić information content (AvgIpc) is 3.36. The minimum Gasteiger partial charge on any atom is -0.507 e. The number of hydrogen-bond donors (Lipinski definition) is 3. The fraction of sp³-hybridized carbons (Fsp3) is 0.103. The molecule has 10 heteroatoms. The van der Waals surface area contributed by atoms with Crippen LogP contribution >= 0.6 is 34.4 Å². The van der Waals surface area contributed by atoms with Crippen LogP contribution in [0.15, 0.2) is 101 Å². The number of rotatable bonds is 9. The van der Waals surface area contributed by atoms with Crippen molar-refractivity contribution in [1.82, 2.24) is 20.2 Å². The van der Waals surface area contributed by atoms with Gasteiger partial charge >= 0.3 is 0 Å². The Morgan fingerprint density at radius 2 is 1.77 bits per heavy atom. The third kappa shape index (κ3) is 6.40. The normalized spacial score (nSPS) is 12.1. The Balaban J connectivity index is 1.30. The highest BCUT2D eigenvalue weighted by Gasteiger charge is 2.21. The van der Waals surface area contributed by atoms with E-state index in [1.54, 1.807) is 13.0 Å². The first-order valence-corrected chi connectivity index (χ1v) is 14.1. The topological polar surface area (TPSA) is 104 Å². The molecule has 1 atom stereocenters. The molecule has 0 saturated carbocycles. The number of amides is 1. The second-order valence-corrected chi connectivity index (χ2v) is 11.2. The van der Waals surface area contributed by atoms with Crippen molar-refractivity contribution >= 4 is 62.9 Å². The standard InChI is InChI=1S/C29H25IN6O2S/c1-19(28(38)34-32-17-25-24-10-6-5-7-20(24)11-16-26(25)37)39-29-35-33-27(36(29)23-8-3-2-4-9-23)18-31-22-14-12-21(30)13-15-22/h2-17,19,31,37H,18H2,1H3,(H,34,38)/b32-17+/t19-/m0/s1. The number of aromatic hydroxyl groups is 1. The molecule has 1 amide bonds. The van der Waals surface area contributed by atoms with Crippen LogP contribution in [0, 0.1) is 3.57 Å². The number of phenolic OH excluding ortho intramolecular Hbond substituents is 1. The number of para-hydroxylation sites is 1. The molecule has 1 heterocycles. The summed E-state index contributed by atoms with van der Waals surface area (Å²) in [6.45, 7) is 2.25. The first-order valence-electron chi connectivity index (χ1n) is 12.2. The van der Waals surface area contributed by atoms with E-state index in [2.05, 4.69) is 48.6 Å². The molecule has 3 N–H and O–H groups in total. The second-order valence-electron chi connectivity index (χ2n) is 8.64. The zero-order valence-electron chi connectivity index (χ0n) is 21.0. The van der Waals surface area contributed by atoms with Crippen LogP contribution in [0.25, 0.3) is 16.5 Å². The molecule has 39 heavy (non-hydrogen) atoms. The lowest BCUT2D eigenvalue weighted by molar-refractivity contribution is -0.120. The number of halogens is 1. The van der Waals surface area contributed by atoms with E-state index < -0.39 is 5.25 Å². The van der Waals surface area contributed by atoms with Gasteiger partial charge in [0.05, 0.1) is 18.0 Å². The van der Waals surface area contributed by atoms with E-state index in [4.69, 9.17) is 0 Å². The van der Waals surface area contributed by atoms with E-state index >= 15 is 0 Å². The summed E-state index contributed by atoms with van der Waals surface area (Å²) in [4.78, 5) is 12.9. The number of aromatic nitrogens is 3. The largest absolute Gasteiger partial charge is 0.507 e. The number of nitrogens with one attached hydrogen (secondary N) is 2. The van der Waals surface area contributed by atoms with Crippen molar-refractivity contribution in [2.45, 2.75) is 23.9 Å². The van der Waals surface area contributed by atoms with Gasteiger partial charge in [0.15, 0.2) is 11.0 Å². The van der Waals surface area contributed by atoms with Crippen molar-refractivity contribution in [3.05, 3.63) is 106 Å². The van der Waals surface area contributed by atoms with Crippen LogP contribution in [0.2, 0.25) is 0 Å². The highest BCUT2D eigenvalue weighted by molar-refractivity contribution is 14.1. The summed E-state index contributed by atoms with van der Waals surface area (Å²) in [5, 5.41) is 28.6. The quantitative estimate of drug-likeness (QED) is 0.0788. The number of hydrogen-bond acceptors (Lipinski definition) is 7. The Bertz CT molecular complexity index is 1620. The predicted octanol–water partition coefficient (Wildman–Crippen LogP) is 5.97. The summed E-state index contributed by atoms with van der Waals surface area (Å²) < 4.78 is 3.11. The Morgan fingerprint density at radius 1 is 1.03 bits per heavy atom.